The minimum absolute atomic E-state index is 0.228. The molecule has 4 rings (SSSR count). The first-order valence-electron chi connectivity index (χ1n) is 10.1. The standard InChI is InChI=1S/C24H26N2O4S/c1-4-26(2)21-9-6-10-22-23(21)19-12-11-16(15-31(25,27)28)13-20(19)24(30-22)17-7-5-8-18(14-17)29-3/h5-14,24H,4,15H2,1-3H3,(H2,25,27,28). The Bertz CT molecular complexity index is 1220. The zero-order valence-corrected chi connectivity index (χ0v) is 18.6. The van der Waals surface area contributed by atoms with E-state index in [4.69, 9.17) is 14.6 Å². The molecule has 1 unspecified atom stereocenters. The number of sulfonamides is 1. The zero-order valence-electron chi connectivity index (χ0n) is 17.8. The number of nitrogens with two attached hydrogens (primary N) is 1. The molecule has 0 bridgehead atoms. The molecule has 1 aliphatic heterocycles. The molecule has 6 nitrogen and oxygen atoms in total. The van der Waals surface area contributed by atoms with E-state index in [1.54, 1.807) is 7.11 Å². The maximum atomic E-state index is 11.7. The molecule has 1 heterocycles. The van der Waals surface area contributed by atoms with E-state index in [1.165, 1.54) is 0 Å². The summed E-state index contributed by atoms with van der Waals surface area (Å²) in [6.07, 6.45) is -0.403. The Balaban J connectivity index is 1.93. The molecule has 3 aromatic carbocycles. The van der Waals surface area contributed by atoms with Gasteiger partial charge < -0.3 is 14.4 Å². The van der Waals surface area contributed by atoms with Crippen molar-refractivity contribution in [3.05, 3.63) is 77.4 Å². The molecule has 0 spiro atoms. The molecule has 0 amide bonds. The Labute approximate surface area is 183 Å². The van der Waals surface area contributed by atoms with Crippen molar-refractivity contribution in [2.75, 3.05) is 25.6 Å². The van der Waals surface area contributed by atoms with Gasteiger partial charge in [-0.25, -0.2) is 13.6 Å². The number of benzene rings is 3. The number of anilines is 1. The lowest BCUT2D eigenvalue weighted by Gasteiger charge is -2.33. The number of primary sulfonamides is 1. The number of nitrogens with zero attached hydrogens (tertiary/aromatic N) is 1. The summed E-state index contributed by atoms with van der Waals surface area (Å²) in [6.45, 7) is 2.94. The van der Waals surface area contributed by atoms with Gasteiger partial charge >= 0.3 is 0 Å². The number of fused-ring (bicyclic) bond motifs is 3. The van der Waals surface area contributed by atoms with Gasteiger partial charge in [-0.2, -0.15) is 0 Å². The fourth-order valence-corrected chi connectivity index (χ4v) is 4.64. The minimum atomic E-state index is -3.65. The average Bonchev–Trinajstić information content (AvgIpc) is 2.76. The highest BCUT2D eigenvalue weighted by Gasteiger charge is 2.30. The van der Waals surface area contributed by atoms with E-state index >= 15 is 0 Å². The van der Waals surface area contributed by atoms with Crippen LogP contribution in [0.25, 0.3) is 11.1 Å². The molecule has 1 aliphatic rings. The lowest BCUT2D eigenvalue weighted by Crippen LogP contribution is -2.21. The molecule has 162 valence electrons. The smallest absolute Gasteiger partial charge is 0.213 e. The van der Waals surface area contributed by atoms with E-state index in [1.807, 2.05) is 61.6 Å². The Morgan fingerprint density at radius 2 is 1.87 bits per heavy atom. The molecule has 0 saturated carbocycles. The van der Waals surface area contributed by atoms with Crippen LogP contribution in [0.2, 0.25) is 0 Å². The fourth-order valence-electron chi connectivity index (χ4n) is 4.00. The summed E-state index contributed by atoms with van der Waals surface area (Å²) in [6, 6.07) is 19.4. The highest BCUT2D eigenvalue weighted by molar-refractivity contribution is 7.88. The van der Waals surface area contributed by atoms with E-state index in [9.17, 15) is 8.42 Å². The van der Waals surface area contributed by atoms with Crippen LogP contribution in [-0.4, -0.2) is 29.1 Å². The van der Waals surface area contributed by atoms with Crippen LogP contribution in [0.15, 0.2) is 60.7 Å². The van der Waals surface area contributed by atoms with Gasteiger partial charge in [0.15, 0.2) is 0 Å². The largest absolute Gasteiger partial charge is 0.497 e. The Morgan fingerprint density at radius 3 is 2.58 bits per heavy atom. The van der Waals surface area contributed by atoms with Crippen LogP contribution in [0, 0.1) is 0 Å². The van der Waals surface area contributed by atoms with Gasteiger partial charge in [-0.3, -0.25) is 0 Å². The molecule has 0 fully saturated rings. The van der Waals surface area contributed by atoms with Crippen LogP contribution in [0.4, 0.5) is 5.69 Å². The van der Waals surface area contributed by atoms with Gasteiger partial charge in [-0.1, -0.05) is 36.4 Å². The van der Waals surface area contributed by atoms with E-state index in [-0.39, 0.29) is 5.75 Å². The molecule has 0 saturated heterocycles. The predicted octanol–water partition coefficient (Wildman–Crippen LogP) is 4.09. The summed E-state index contributed by atoms with van der Waals surface area (Å²) in [5, 5.41) is 5.30. The lowest BCUT2D eigenvalue weighted by atomic mass is 9.87. The number of methoxy groups -OCH3 is 1. The van der Waals surface area contributed by atoms with E-state index in [0.29, 0.717) is 5.56 Å². The summed E-state index contributed by atoms with van der Waals surface area (Å²) >= 11 is 0. The topological polar surface area (TPSA) is 81.9 Å². The first kappa shape index (κ1) is 21.2. The quantitative estimate of drug-likeness (QED) is 0.627. The molecule has 2 N–H and O–H groups in total. The summed E-state index contributed by atoms with van der Waals surface area (Å²) in [5.41, 5.74) is 5.53. The van der Waals surface area contributed by atoms with Crippen LogP contribution in [0.5, 0.6) is 11.5 Å². The highest BCUT2D eigenvalue weighted by atomic mass is 32.2. The number of hydrogen-bond acceptors (Lipinski definition) is 5. The molecular weight excluding hydrogens is 412 g/mol. The second-order valence-corrected chi connectivity index (χ2v) is 9.28. The van der Waals surface area contributed by atoms with Crippen LogP contribution in [0.3, 0.4) is 0 Å². The summed E-state index contributed by atoms with van der Waals surface area (Å²) < 4.78 is 35.3. The summed E-state index contributed by atoms with van der Waals surface area (Å²) in [4.78, 5) is 2.16. The van der Waals surface area contributed by atoms with Crippen molar-refractivity contribution < 1.29 is 17.9 Å². The van der Waals surface area contributed by atoms with Gasteiger partial charge in [-0.05, 0) is 42.3 Å². The SMILES string of the molecule is CCN(C)c1cccc2c1-c1ccc(CS(N)(=O)=O)cc1C(c1cccc(OC)c1)O2. The van der Waals surface area contributed by atoms with Crippen molar-refractivity contribution in [3.63, 3.8) is 0 Å². The zero-order chi connectivity index (χ0) is 22.2. The van der Waals surface area contributed by atoms with Gasteiger partial charge in [0, 0.05) is 36.0 Å². The van der Waals surface area contributed by atoms with E-state index in [2.05, 4.69) is 17.9 Å². The molecule has 0 radical (unpaired) electrons. The lowest BCUT2D eigenvalue weighted by molar-refractivity contribution is 0.243. The van der Waals surface area contributed by atoms with Gasteiger partial charge in [0.05, 0.1) is 12.9 Å². The maximum absolute atomic E-state index is 11.7. The molecule has 1 atom stereocenters. The van der Waals surface area contributed by atoms with Crippen molar-refractivity contribution in [2.45, 2.75) is 18.8 Å². The van der Waals surface area contributed by atoms with Crippen molar-refractivity contribution in [1.82, 2.24) is 0 Å². The summed E-state index contributed by atoms with van der Waals surface area (Å²) in [5.74, 6) is 1.29. The Morgan fingerprint density at radius 1 is 1.10 bits per heavy atom. The van der Waals surface area contributed by atoms with Gasteiger partial charge in [-0.15, -0.1) is 0 Å². The first-order chi connectivity index (χ1) is 14.8. The van der Waals surface area contributed by atoms with Crippen molar-refractivity contribution >= 4 is 15.7 Å². The number of rotatable bonds is 6. The van der Waals surface area contributed by atoms with Crippen molar-refractivity contribution in [2.24, 2.45) is 5.14 Å². The van der Waals surface area contributed by atoms with Crippen LogP contribution in [-0.2, 0) is 15.8 Å². The van der Waals surface area contributed by atoms with E-state index in [0.717, 1.165) is 46.0 Å². The van der Waals surface area contributed by atoms with Gasteiger partial charge in [0.1, 0.15) is 17.6 Å². The normalized spacial score (nSPS) is 14.9. The van der Waals surface area contributed by atoms with Gasteiger partial charge in [0.25, 0.3) is 0 Å². The Hall–Kier alpha value is -3.03. The first-order valence-corrected chi connectivity index (χ1v) is 11.8. The third-order valence-electron chi connectivity index (χ3n) is 5.57. The van der Waals surface area contributed by atoms with Crippen LogP contribution < -0.4 is 19.5 Å². The molecule has 0 aromatic heterocycles. The second kappa shape index (κ2) is 8.24. The average molecular weight is 439 g/mol. The Kier molecular flexibility index (Phi) is 5.64. The summed E-state index contributed by atoms with van der Waals surface area (Å²) in [7, 11) is 0.0150. The van der Waals surface area contributed by atoms with Crippen LogP contribution in [0.1, 0.15) is 29.7 Å². The molecular formula is C24H26N2O4S. The monoisotopic (exact) mass is 438 g/mol. The number of ether oxygens (including phenoxy) is 2. The maximum Gasteiger partial charge on any atom is 0.213 e. The van der Waals surface area contributed by atoms with Gasteiger partial charge in [0.2, 0.25) is 10.0 Å². The molecule has 31 heavy (non-hydrogen) atoms. The van der Waals surface area contributed by atoms with Crippen LogP contribution >= 0.6 is 0 Å². The van der Waals surface area contributed by atoms with E-state index < -0.39 is 16.1 Å². The fraction of sp³-hybridized carbons (Fsp3) is 0.250. The van der Waals surface area contributed by atoms with Crippen molar-refractivity contribution in [3.8, 4) is 22.6 Å². The molecule has 7 heteroatoms. The third-order valence-corrected chi connectivity index (χ3v) is 6.30. The minimum Gasteiger partial charge on any atom is -0.497 e. The highest BCUT2D eigenvalue weighted by Crippen LogP contribution is 2.49. The second-order valence-electron chi connectivity index (χ2n) is 7.67. The number of hydrogen-bond donors (Lipinski definition) is 1. The third kappa shape index (κ3) is 4.24. The van der Waals surface area contributed by atoms with Crippen molar-refractivity contribution in [1.29, 1.82) is 0 Å². The molecule has 0 aliphatic carbocycles. The predicted molar refractivity (Wildman–Crippen MR) is 123 cm³/mol. The molecule has 3 aromatic rings.